The molecule has 2 N–H and O–H groups in total. The number of hydrogen-bond donors (Lipinski definition) is 2. The average molecular weight is 288 g/mol. The summed E-state index contributed by atoms with van der Waals surface area (Å²) in [7, 11) is 0. The number of H-pyrrole nitrogens is 1. The predicted octanol–water partition coefficient (Wildman–Crippen LogP) is 1.24. The third kappa shape index (κ3) is 2.12. The summed E-state index contributed by atoms with van der Waals surface area (Å²) < 4.78 is 0.938. The van der Waals surface area contributed by atoms with Crippen LogP contribution in [0.5, 0.6) is 5.75 Å². The van der Waals surface area contributed by atoms with Gasteiger partial charge in [0.2, 0.25) is 0 Å². The molecule has 2 aromatic rings. The van der Waals surface area contributed by atoms with Crippen molar-refractivity contribution < 1.29 is 5.11 Å². The molecule has 2 rings (SSSR count). The van der Waals surface area contributed by atoms with Gasteiger partial charge in [-0.1, -0.05) is 23.2 Å². The largest absolute Gasteiger partial charge is 0.505 e. The highest BCUT2D eigenvalue weighted by Gasteiger charge is 2.11. The lowest BCUT2D eigenvalue weighted by atomic mass is 10.3. The van der Waals surface area contributed by atoms with Crippen molar-refractivity contribution in [2.24, 2.45) is 0 Å². The van der Waals surface area contributed by atoms with E-state index in [0.717, 1.165) is 4.68 Å². The highest BCUT2D eigenvalue weighted by Crippen LogP contribution is 2.33. The van der Waals surface area contributed by atoms with Crippen LogP contribution in [0.1, 0.15) is 5.69 Å². The van der Waals surface area contributed by atoms with Gasteiger partial charge in [-0.2, -0.15) is 9.78 Å². The Morgan fingerprint density at radius 2 is 1.83 bits per heavy atom. The van der Waals surface area contributed by atoms with Crippen LogP contribution in [0.3, 0.4) is 0 Å². The van der Waals surface area contributed by atoms with Gasteiger partial charge in [-0.15, -0.1) is 0 Å². The van der Waals surface area contributed by atoms with Gasteiger partial charge in [0, 0.05) is 0 Å². The second-order valence-electron chi connectivity index (χ2n) is 3.51. The fourth-order valence-corrected chi connectivity index (χ4v) is 1.81. The predicted molar refractivity (Wildman–Crippen MR) is 66.9 cm³/mol. The fourth-order valence-electron chi connectivity index (χ4n) is 1.33. The molecule has 0 saturated heterocycles. The van der Waals surface area contributed by atoms with E-state index in [0.29, 0.717) is 0 Å². The summed E-state index contributed by atoms with van der Waals surface area (Å²) in [5.74, 6) is -0.281. The SMILES string of the molecule is Cc1nn(-c2cc(Cl)c(O)c(Cl)c2)c(=O)[nH]c1=O. The molecule has 6 nitrogen and oxygen atoms in total. The number of aryl methyl sites for hydroxylation is 1. The molecule has 0 radical (unpaired) electrons. The van der Waals surface area contributed by atoms with Crippen LogP contribution < -0.4 is 11.2 Å². The zero-order chi connectivity index (χ0) is 13.4. The molecule has 0 fully saturated rings. The van der Waals surface area contributed by atoms with Crippen LogP contribution in [0.15, 0.2) is 21.7 Å². The Labute approximate surface area is 110 Å². The van der Waals surface area contributed by atoms with E-state index in [2.05, 4.69) is 10.1 Å². The van der Waals surface area contributed by atoms with Crippen molar-refractivity contribution in [3.05, 3.63) is 48.7 Å². The third-order valence-corrected chi connectivity index (χ3v) is 2.81. The molecule has 1 aromatic heterocycles. The standard InChI is InChI=1S/C10H7Cl2N3O3/c1-4-9(17)13-10(18)15(14-4)5-2-6(11)8(16)7(12)3-5/h2-3,16H,1H3,(H,13,17,18). The number of benzene rings is 1. The van der Waals surface area contributed by atoms with E-state index in [-0.39, 0.29) is 27.2 Å². The van der Waals surface area contributed by atoms with Crippen LogP contribution in [0.2, 0.25) is 10.0 Å². The molecule has 0 aliphatic rings. The number of aromatic hydroxyl groups is 1. The molecule has 0 unspecified atom stereocenters. The maximum absolute atomic E-state index is 11.6. The number of hydrogen-bond acceptors (Lipinski definition) is 4. The van der Waals surface area contributed by atoms with Crippen molar-refractivity contribution in [3.8, 4) is 11.4 Å². The molecule has 1 heterocycles. The highest BCUT2D eigenvalue weighted by atomic mass is 35.5. The topological polar surface area (TPSA) is 88.0 Å². The molecule has 0 bridgehead atoms. The lowest BCUT2D eigenvalue weighted by molar-refractivity contribution is 0.475. The van der Waals surface area contributed by atoms with Crippen molar-refractivity contribution in [1.82, 2.24) is 14.8 Å². The molecule has 0 aliphatic carbocycles. The Bertz CT molecular complexity index is 713. The summed E-state index contributed by atoms with van der Waals surface area (Å²) in [5, 5.41) is 13.2. The zero-order valence-electron chi connectivity index (χ0n) is 9.07. The van der Waals surface area contributed by atoms with Gasteiger partial charge in [0.1, 0.15) is 5.69 Å². The Morgan fingerprint density at radius 3 is 2.39 bits per heavy atom. The van der Waals surface area contributed by atoms with Gasteiger partial charge < -0.3 is 5.11 Å². The molecule has 1 aromatic carbocycles. The molecule has 0 atom stereocenters. The van der Waals surface area contributed by atoms with Crippen LogP contribution >= 0.6 is 23.2 Å². The smallest absolute Gasteiger partial charge is 0.349 e. The average Bonchev–Trinajstić information content (AvgIpc) is 2.30. The van der Waals surface area contributed by atoms with Gasteiger partial charge in [-0.25, -0.2) is 4.79 Å². The number of nitrogens with one attached hydrogen (secondary N) is 1. The van der Waals surface area contributed by atoms with Crippen LogP contribution in [0.25, 0.3) is 5.69 Å². The van der Waals surface area contributed by atoms with Crippen LogP contribution in [0.4, 0.5) is 0 Å². The fraction of sp³-hybridized carbons (Fsp3) is 0.100. The van der Waals surface area contributed by atoms with Crippen molar-refractivity contribution in [2.75, 3.05) is 0 Å². The number of aromatic amines is 1. The number of nitrogens with zero attached hydrogens (tertiary/aromatic N) is 2. The van der Waals surface area contributed by atoms with E-state index in [1.807, 2.05) is 0 Å². The summed E-state index contributed by atoms with van der Waals surface area (Å²) in [6.07, 6.45) is 0. The molecule has 0 aliphatic heterocycles. The number of aromatic nitrogens is 3. The Kier molecular flexibility index (Phi) is 3.14. The minimum Gasteiger partial charge on any atom is -0.505 e. The van der Waals surface area contributed by atoms with Crippen molar-refractivity contribution in [2.45, 2.75) is 6.92 Å². The summed E-state index contributed by atoms with van der Waals surface area (Å²) in [6.45, 7) is 1.46. The van der Waals surface area contributed by atoms with Gasteiger partial charge >= 0.3 is 5.69 Å². The molecule has 8 heteroatoms. The number of rotatable bonds is 1. The van der Waals surface area contributed by atoms with E-state index in [1.165, 1.54) is 19.1 Å². The summed E-state index contributed by atoms with van der Waals surface area (Å²) in [6, 6.07) is 2.63. The van der Waals surface area contributed by atoms with Gasteiger partial charge in [0.05, 0.1) is 15.7 Å². The second-order valence-corrected chi connectivity index (χ2v) is 4.33. The molecule has 18 heavy (non-hydrogen) atoms. The number of phenolic OH excluding ortho intramolecular Hbond substituents is 1. The Hall–Kier alpha value is -1.79. The van der Waals surface area contributed by atoms with E-state index in [4.69, 9.17) is 23.2 Å². The summed E-state index contributed by atoms with van der Waals surface area (Å²) in [4.78, 5) is 24.9. The van der Waals surface area contributed by atoms with Gasteiger partial charge in [-0.05, 0) is 19.1 Å². The molecule has 0 amide bonds. The zero-order valence-corrected chi connectivity index (χ0v) is 10.6. The summed E-state index contributed by atoms with van der Waals surface area (Å²) >= 11 is 11.5. The minimum absolute atomic E-state index is 0.0185. The minimum atomic E-state index is -0.719. The molecule has 0 saturated carbocycles. The van der Waals surface area contributed by atoms with E-state index in [9.17, 15) is 14.7 Å². The quantitative estimate of drug-likeness (QED) is 0.826. The Balaban J connectivity index is 2.74. The monoisotopic (exact) mass is 287 g/mol. The molecular formula is C10H7Cl2N3O3. The Morgan fingerprint density at radius 1 is 1.28 bits per heavy atom. The van der Waals surface area contributed by atoms with Crippen molar-refractivity contribution in [3.63, 3.8) is 0 Å². The third-order valence-electron chi connectivity index (χ3n) is 2.24. The van der Waals surface area contributed by atoms with Crippen molar-refractivity contribution >= 4 is 23.2 Å². The molecule has 94 valence electrons. The van der Waals surface area contributed by atoms with Gasteiger partial charge in [0.25, 0.3) is 5.56 Å². The highest BCUT2D eigenvalue weighted by molar-refractivity contribution is 6.37. The first-order valence-electron chi connectivity index (χ1n) is 4.79. The molecule has 0 spiro atoms. The van der Waals surface area contributed by atoms with E-state index in [1.54, 1.807) is 0 Å². The lowest BCUT2D eigenvalue weighted by Gasteiger charge is -2.07. The van der Waals surface area contributed by atoms with E-state index < -0.39 is 11.2 Å². The van der Waals surface area contributed by atoms with Crippen LogP contribution in [0, 0.1) is 6.92 Å². The van der Waals surface area contributed by atoms with Crippen LogP contribution in [-0.2, 0) is 0 Å². The van der Waals surface area contributed by atoms with E-state index >= 15 is 0 Å². The first-order valence-corrected chi connectivity index (χ1v) is 5.54. The van der Waals surface area contributed by atoms with Gasteiger partial charge in [-0.3, -0.25) is 9.78 Å². The lowest BCUT2D eigenvalue weighted by Crippen LogP contribution is -2.32. The summed E-state index contributed by atoms with van der Waals surface area (Å²) in [5.41, 5.74) is -0.919. The second kappa shape index (κ2) is 4.47. The number of phenols is 1. The van der Waals surface area contributed by atoms with Gasteiger partial charge in [0.15, 0.2) is 5.75 Å². The van der Waals surface area contributed by atoms with Crippen LogP contribution in [-0.4, -0.2) is 19.9 Å². The maximum atomic E-state index is 11.6. The molecular weight excluding hydrogens is 281 g/mol. The van der Waals surface area contributed by atoms with Crippen molar-refractivity contribution in [1.29, 1.82) is 0 Å². The first-order chi connectivity index (χ1) is 8.40. The number of halogens is 2. The normalized spacial score (nSPS) is 10.6. The maximum Gasteiger partial charge on any atom is 0.349 e. The first kappa shape index (κ1) is 12.7.